The van der Waals surface area contributed by atoms with E-state index in [-0.39, 0.29) is 41.4 Å². The summed E-state index contributed by atoms with van der Waals surface area (Å²) in [7, 11) is 0. The molecular weight excluding hydrogens is 468 g/mol. The molecule has 5 nitrogen and oxygen atoms in total. The van der Waals surface area contributed by atoms with Crippen molar-refractivity contribution in [3.63, 3.8) is 0 Å². The van der Waals surface area contributed by atoms with Gasteiger partial charge >= 0.3 is 0 Å². The number of nitrogens with one attached hydrogen (secondary N) is 1. The van der Waals surface area contributed by atoms with Crippen LogP contribution in [0, 0.1) is 49.4 Å². The Morgan fingerprint density at radius 2 is 1.50 bits per heavy atom. The highest BCUT2D eigenvalue weighted by Gasteiger charge is 2.67. The molecule has 2 aromatic carbocycles. The lowest BCUT2D eigenvalue weighted by atomic mass is 9.63. The lowest BCUT2D eigenvalue weighted by molar-refractivity contribution is -0.124. The van der Waals surface area contributed by atoms with Gasteiger partial charge in [-0.1, -0.05) is 28.1 Å². The van der Waals surface area contributed by atoms with Gasteiger partial charge in [0.1, 0.15) is 0 Å². The number of carbonyl (C=O) groups excluding carboxylic acids is 3. The summed E-state index contributed by atoms with van der Waals surface area (Å²) in [6.45, 7) is 3.96. The summed E-state index contributed by atoms with van der Waals surface area (Å²) in [6.07, 6.45) is 5.50. The SMILES string of the molecule is Cc1c(Br)ccc(NC(=O)c2ccc(N3C(=O)[C@@H]4[C@H]5C=C[C@@H]([C@@H]6C[C@H]56)[C@@H]4C3=O)cc2)c1C. The van der Waals surface area contributed by atoms with Gasteiger partial charge in [0.15, 0.2) is 0 Å². The summed E-state index contributed by atoms with van der Waals surface area (Å²) in [5.41, 5.74) is 3.87. The van der Waals surface area contributed by atoms with E-state index >= 15 is 0 Å². The van der Waals surface area contributed by atoms with E-state index in [1.165, 1.54) is 4.90 Å². The Labute approximate surface area is 195 Å². The molecule has 162 valence electrons. The van der Waals surface area contributed by atoms with Crippen LogP contribution in [-0.2, 0) is 9.59 Å². The Kier molecular flexibility index (Phi) is 4.28. The van der Waals surface area contributed by atoms with Gasteiger partial charge in [-0.05, 0) is 91.5 Å². The molecule has 6 heteroatoms. The van der Waals surface area contributed by atoms with Crippen LogP contribution in [0.5, 0.6) is 0 Å². The van der Waals surface area contributed by atoms with Crippen molar-refractivity contribution in [1.29, 1.82) is 0 Å². The van der Waals surface area contributed by atoms with Crippen LogP contribution in [0.1, 0.15) is 27.9 Å². The molecule has 1 saturated heterocycles. The monoisotopic (exact) mass is 490 g/mol. The van der Waals surface area contributed by atoms with E-state index < -0.39 is 0 Å². The molecule has 2 saturated carbocycles. The molecule has 32 heavy (non-hydrogen) atoms. The van der Waals surface area contributed by atoms with Crippen molar-refractivity contribution in [2.75, 3.05) is 10.2 Å². The van der Waals surface area contributed by atoms with Crippen LogP contribution in [-0.4, -0.2) is 17.7 Å². The number of anilines is 2. The standard InChI is InChI=1S/C26H23BrN2O3/c1-12-13(2)21(10-9-20(12)27)28-24(30)14-3-5-15(6-4-14)29-25(31)22-16-7-8-17(19-11-18(16)19)23(22)26(29)32/h3-10,16-19,22-23H,11H2,1-2H3,(H,28,30)/t16-,17-,18-,19+,22-,23+/m0/s1. The largest absolute Gasteiger partial charge is 0.322 e. The average Bonchev–Trinajstić information content (AvgIpc) is 3.58. The van der Waals surface area contributed by atoms with Gasteiger partial charge in [-0.3, -0.25) is 19.3 Å². The summed E-state index contributed by atoms with van der Waals surface area (Å²) >= 11 is 3.50. The second-order valence-corrected chi connectivity index (χ2v) is 10.4. The van der Waals surface area contributed by atoms with E-state index in [1.54, 1.807) is 24.3 Å². The Balaban J connectivity index is 1.23. The minimum atomic E-state index is -0.226. The number of hydrogen-bond donors (Lipinski definition) is 1. The number of benzene rings is 2. The number of allylic oxidation sites excluding steroid dienone is 2. The number of amides is 3. The Morgan fingerprint density at radius 1 is 0.906 bits per heavy atom. The zero-order valence-corrected chi connectivity index (χ0v) is 19.4. The number of carbonyl (C=O) groups is 3. The highest BCUT2D eigenvalue weighted by Crippen LogP contribution is 2.65. The van der Waals surface area contributed by atoms with Gasteiger partial charge in [-0.25, -0.2) is 0 Å². The highest BCUT2D eigenvalue weighted by atomic mass is 79.9. The van der Waals surface area contributed by atoms with Crippen molar-refractivity contribution in [2.45, 2.75) is 20.3 Å². The number of imide groups is 1. The van der Waals surface area contributed by atoms with Gasteiger partial charge in [0.05, 0.1) is 17.5 Å². The van der Waals surface area contributed by atoms with Crippen molar-refractivity contribution >= 4 is 45.0 Å². The van der Waals surface area contributed by atoms with Crippen molar-refractivity contribution in [3.05, 3.63) is 69.7 Å². The van der Waals surface area contributed by atoms with Gasteiger partial charge in [0.25, 0.3) is 5.91 Å². The molecule has 0 spiro atoms. The molecule has 6 atom stereocenters. The molecule has 1 heterocycles. The lowest BCUT2D eigenvalue weighted by Crippen LogP contribution is -2.40. The fraction of sp³-hybridized carbons (Fsp3) is 0.346. The second kappa shape index (κ2) is 6.88. The van der Waals surface area contributed by atoms with E-state index in [0.29, 0.717) is 23.1 Å². The third kappa shape index (κ3) is 2.71. The fourth-order valence-electron chi connectivity index (χ4n) is 6.09. The van der Waals surface area contributed by atoms with Crippen LogP contribution in [0.2, 0.25) is 0 Å². The molecule has 1 N–H and O–H groups in total. The maximum atomic E-state index is 13.2. The van der Waals surface area contributed by atoms with Crippen molar-refractivity contribution in [2.24, 2.45) is 35.5 Å². The zero-order chi connectivity index (χ0) is 22.3. The van der Waals surface area contributed by atoms with Gasteiger partial charge in [-0.15, -0.1) is 0 Å². The van der Waals surface area contributed by atoms with Crippen LogP contribution in [0.15, 0.2) is 53.0 Å². The molecule has 0 aromatic heterocycles. The molecule has 3 amide bonds. The predicted octanol–water partition coefficient (Wildman–Crippen LogP) is 4.88. The third-order valence-electron chi connectivity index (χ3n) is 8.02. The maximum Gasteiger partial charge on any atom is 0.255 e. The van der Waals surface area contributed by atoms with E-state index in [1.807, 2.05) is 26.0 Å². The summed E-state index contributed by atoms with van der Waals surface area (Å²) in [6, 6.07) is 10.6. The van der Waals surface area contributed by atoms with E-state index in [0.717, 1.165) is 27.7 Å². The van der Waals surface area contributed by atoms with E-state index in [2.05, 4.69) is 33.4 Å². The summed E-state index contributed by atoms with van der Waals surface area (Å²) in [4.78, 5) is 40.6. The van der Waals surface area contributed by atoms with Crippen molar-refractivity contribution in [1.82, 2.24) is 0 Å². The smallest absolute Gasteiger partial charge is 0.255 e. The zero-order valence-electron chi connectivity index (χ0n) is 17.8. The topological polar surface area (TPSA) is 66.5 Å². The van der Waals surface area contributed by atoms with Crippen molar-refractivity contribution < 1.29 is 14.4 Å². The van der Waals surface area contributed by atoms with Crippen LogP contribution in [0.25, 0.3) is 0 Å². The average molecular weight is 491 g/mol. The molecule has 2 bridgehead atoms. The fourth-order valence-corrected chi connectivity index (χ4v) is 6.52. The molecule has 4 aliphatic carbocycles. The van der Waals surface area contributed by atoms with Crippen LogP contribution >= 0.6 is 15.9 Å². The number of nitrogens with zero attached hydrogens (tertiary/aromatic N) is 1. The number of halogens is 1. The first-order valence-electron chi connectivity index (χ1n) is 11.1. The minimum Gasteiger partial charge on any atom is -0.322 e. The first-order chi connectivity index (χ1) is 15.4. The molecule has 7 rings (SSSR count). The van der Waals surface area contributed by atoms with Gasteiger partial charge in [-0.2, -0.15) is 0 Å². The number of rotatable bonds is 3. The molecular formula is C26H23BrN2O3. The molecule has 0 radical (unpaired) electrons. The van der Waals surface area contributed by atoms with Crippen LogP contribution < -0.4 is 10.2 Å². The summed E-state index contributed by atoms with van der Waals surface area (Å²) in [5, 5.41) is 2.96. The summed E-state index contributed by atoms with van der Waals surface area (Å²) < 4.78 is 0.999. The molecule has 1 aliphatic heterocycles. The molecule has 5 aliphatic rings. The molecule has 0 unspecified atom stereocenters. The first kappa shape index (κ1) is 19.9. The Hall–Kier alpha value is -2.73. The Bertz CT molecular complexity index is 1180. The highest BCUT2D eigenvalue weighted by molar-refractivity contribution is 9.10. The van der Waals surface area contributed by atoms with Crippen molar-refractivity contribution in [3.8, 4) is 0 Å². The normalized spacial score (nSPS) is 31.5. The summed E-state index contributed by atoms with van der Waals surface area (Å²) in [5.74, 6) is 0.764. The second-order valence-electron chi connectivity index (χ2n) is 9.51. The van der Waals surface area contributed by atoms with Crippen LogP contribution in [0.4, 0.5) is 11.4 Å². The molecule has 2 aromatic rings. The maximum absolute atomic E-state index is 13.2. The number of hydrogen-bond acceptors (Lipinski definition) is 3. The minimum absolute atomic E-state index is 0.0807. The third-order valence-corrected chi connectivity index (χ3v) is 8.88. The van der Waals surface area contributed by atoms with Gasteiger partial charge in [0, 0.05) is 15.7 Å². The molecule has 3 fully saturated rings. The quantitative estimate of drug-likeness (QED) is 0.492. The van der Waals surface area contributed by atoms with E-state index in [9.17, 15) is 14.4 Å². The van der Waals surface area contributed by atoms with Gasteiger partial charge < -0.3 is 5.32 Å². The lowest BCUT2D eigenvalue weighted by Gasteiger charge is -2.37. The van der Waals surface area contributed by atoms with E-state index in [4.69, 9.17) is 0 Å². The van der Waals surface area contributed by atoms with Gasteiger partial charge in [0.2, 0.25) is 11.8 Å². The Morgan fingerprint density at radius 3 is 2.09 bits per heavy atom. The predicted molar refractivity (Wildman–Crippen MR) is 125 cm³/mol. The van der Waals surface area contributed by atoms with Crippen LogP contribution in [0.3, 0.4) is 0 Å². The first-order valence-corrected chi connectivity index (χ1v) is 11.9.